The monoisotopic (exact) mass is 246 g/mol. The molecule has 80 valence electrons. The van der Waals surface area contributed by atoms with E-state index in [-0.39, 0.29) is 0 Å². The normalized spacial score (nSPS) is 10.6. The lowest BCUT2D eigenvalue weighted by Crippen LogP contribution is -2.20. The zero-order valence-corrected chi connectivity index (χ0v) is 9.09. The van der Waals surface area contributed by atoms with Crippen molar-refractivity contribution >= 4 is 35.3 Å². The Kier molecular flexibility index (Phi) is 4.55. The van der Waals surface area contributed by atoms with Crippen molar-refractivity contribution in [2.75, 3.05) is 6.61 Å². The van der Waals surface area contributed by atoms with Gasteiger partial charge in [0, 0.05) is 5.56 Å². The van der Waals surface area contributed by atoms with Gasteiger partial charge in [-0.25, -0.2) is 5.43 Å². The number of hydrogen-bond acceptors (Lipinski definition) is 3. The molecule has 6 heteroatoms. The second kappa shape index (κ2) is 5.70. The molecule has 1 rings (SSSR count). The minimum absolute atomic E-state index is 0.435. The first-order valence-electron chi connectivity index (χ1n) is 4.02. The van der Waals surface area contributed by atoms with E-state index in [4.69, 9.17) is 28.3 Å². The van der Waals surface area contributed by atoms with Crippen LogP contribution in [-0.2, 0) is 4.79 Å². The van der Waals surface area contributed by atoms with E-state index in [1.165, 1.54) is 6.21 Å². The van der Waals surface area contributed by atoms with E-state index in [1.807, 2.05) is 0 Å². The molecule has 0 aliphatic heterocycles. The Balaban J connectivity index is 2.76. The SMILES string of the molecule is O=C(CO)N/N=C\c1c(Cl)cccc1Cl. The Morgan fingerprint density at radius 3 is 2.60 bits per heavy atom. The van der Waals surface area contributed by atoms with E-state index in [9.17, 15) is 4.79 Å². The third-order valence-electron chi connectivity index (χ3n) is 1.53. The Morgan fingerprint density at radius 2 is 2.07 bits per heavy atom. The molecular weight excluding hydrogens is 239 g/mol. The zero-order chi connectivity index (χ0) is 11.3. The predicted molar refractivity (Wildman–Crippen MR) is 59.3 cm³/mol. The van der Waals surface area contributed by atoms with Gasteiger partial charge in [-0.2, -0.15) is 5.10 Å². The number of benzene rings is 1. The summed E-state index contributed by atoms with van der Waals surface area (Å²) in [6.07, 6.45) is 1.32. The quantitative estimate of drug-likeness (QED) is 0.627. The number of hydrogen-bond donors (Lipinski definition) is 2. The number of amides is 1. The van der Waals surface area contributed by atoms with Gasteiger partial charge in [-0.1, -0.05) is 29.3 Å². The summed E-state index contributed by atoms with van der Waals surface area (Å²) < 4.78 is 0. The fourth-order valence-corrected chi connectivity index (χ4v) is 1.33. The summed E-state index contributed by atoms with van der Waals surface area (Å²) in [5.74, 6) is -0.602. The molecule has 0 saturated carbocycles. The molecule has 4 nitrogen and oxygen atoms in total. The van der Waals surface area contributed by atoms with E-state index in [0.717, 1.165) is 0 Å². The average Bonchev–Trinajstić information content (AvgIpc) is 2.22. The van der Waals surface area contributed by atoms with Crippen LogP contribution in [0.1, 0.15) is 5.56 Å². The van der Waals surface area contributed by atoms with Crippen molar-refractivity contribution in [2.24, 2.45) is 5.10 Å². The summed E-state index contributed by atoms with van der Waals surface area (Å²) in [6.45, 7) is -0.617. The molecule has 0 bridgehead atoms. The highest BCUT2D eigenvalue weighted by molar-refractivity contribution is 6.38. The van der Waals surface area contributed by atoms with Gasteiger partial charge in [0.05, 0.1) is 16.3 Å². The highest BCUT2D eigenvalue weighted by atomic mass is 35.5. The number of carbonyl (C=O) groups is 1. The third kappa shape index (κ3) is 3.51. The maximum atomic E-state index is 10.6. The lowest BCUT2D eigenvalue weighted by Gasteiger charge is -2.00. The number of carbonyl (C=O) groups excluding carboxylic acids is 1. The van der Waals surface area contributed by atoms with E-state index in [0.29, 0.717) is 15.6 Å². The number of rotatable bonds is 3. The summed E-state index contributed by atoms with van der Waals surface area (Å²) in [7, 11) is 0. The molecule has 0 atom stereocenters. The summed E-state index contributed by atoms with van der Waals surface area (Å²) >= 11 is 11.7. The van der Waals surface area contributed by atoms with E-state index < -0.39 is 12.5 Å². The molecule has 15 heavy (non-hydrogen) atoms. The van der Waals surface area contributed by atoms with Crippen molar-refractivity contribution in [1.82, 2.24) is 5.43 Å². The average molecular weight is 247 g/mol. The first-order chi connectivity index (χ1) is 7.15. The van der Waals surface area contributed by atoms with E-state index in [1.54, 1.807) is 18.2 Å². The molecule has 0 fully saturated rings. The summed E-state index contributed by atoms with van der Waals surface area (Å²) in [6, 6.07) is 5.01. The van der Waals surface area contributed by atoms with Crippen LogP contribution >= 0.6 is 23.2 Å². The molecule has 0 aliphatic carbocycles. The molecule has 1 amide bonds. The van der Waals surface area contributed by atoms with E-state index >= 15 is 0 Å². The van der Waals surface area contributed by atoms with Gasteiger partial charge in [-0.3, -0.25) is 4.79 Å². The van der Waals surface area contributed by atoms with Crippen molar-refractivity contribution < 1.29 is 9.90 Å². The second-order valence-corrected chi connectivity index (χ2v) is 3.40. The first-order valence-corrected chi connectivity index (χ1v) is 4.77. The number of nitrogens with one attached hydrogen (secondary N) is 1. The first kappa shape index (κ1) is 12.0. The van der Waals surface area contributed by atoms with Gasteiger partial charge in [0.2, 0.25) is 0 Å². The van der Waals surface area contributed by atoms with Crippen LogP contribution in [0.4, 0.5) is 0 Å². The fourth-order valence-electron chi connectivity index (χ4n) is 0.838. The fraction of sp³-hybridized carbons (Fsp3) is 0.111. The second-order valence-electron chi connectivity index (χ2n) is 2.59. The smallest absolute Gasteiger partial charge is 0.265 e. The number of halogens is 2. The van der Waals surface area contributed by atoms with Crippen LogP contribution in [0.5, 0.6) is 0 Å². The Labute approximate surface area is 96.5 Å². The minimum atomic E-state index is -0.617. The number of aliphatic hydroxyl groups excluding tert-OH is 1. The molecule has 0 aliphatic rings. The standard InChI is InChI=1S/C9H8Cl2N2O2/c10-7-2-1-3-8(11)6(7)4-12-13-9(15)5-14/h1-4,14H,5H2,(H,13,15)/b12-4-. The predicted octanol–water partition coefficient (Wildman–Crippen LogP) is 1.44. The van der Waals surface area contributed by atoms with Gasteiger partial charge in [-0.15, -0.1) is 0 Å². The van der Waals surface area contributed by atoms with Gasteiger partial charge in [0.25, 0.3) is 5.91 Å². The van der Waals surface area contributed by atoms with Gasteiger partial charge in [0.1, 0.15) is 6.61 Å². The van der Waals surface area contributed by atoms with Crippen LogP contribution in [-0.4, -0.2) is 23.8 Å². The topological polar surface area (TPSA) is 61.7 Å². The maximum absolute atomic E-state index is 10.6. The van der Waals surface area contributed by atoms with Crippen LogP contribution in [0.25, 0.3) is 0 Å². The lowest BCUT2D eigenvalue weighted by atomic mass is 10.2. The van der Waals surface area contributed by atoms with Crippen LogP contribution in [0.2, 0.25) is 10.0 Å². The molecule has 0 heterocycles. The van der Waals surface area contributed by atoms with Crippen molar-refractivity contribution in [3.63, 3.8) is 0 Å². The van der Waals surface area contributed by atoms with Crippen molar-refractivity contribution in [1.29, 1.82) is 0 Å². The van der Waals surface area contributed by atoms with Crippen molar-refractivity contribution in [2.45, 2.75) is 0 Å². The molecule has 2 N–H and O–H groups in total. The Hall–Kier alpha value is -1.10. The van der Waals surface area contributed by atoms with Crippen LogP contribution in [0.3, 0.4) is 0 Å². The molecule has 1 aromatic carbocycles. The van der Waals surface area contributed by atoms with Gasteiger partial charge in [0.15, 0.2) is 0 Å². The highest BCUT2D eigenvalue weighted by Crippen LogP contribution is 2.21. The highest BCUT2D eigenvalue weighted by Gasteiger charge is 2.02. The van der Waals surface area contributed by atoms with E-state index in [2.05, 4.69) is 10.5 Å². The van der Waals surface area contributed by atoms with Crippen LogP contribution < -0.4 is 5.43 Å². The molecule has 1 aromatic rings. The zero-order valence-electron chi connectivity index (χ0n) is 7.58. The summed E-state index contributed by atoms with van der Waals surface area (Å²) in [5.41, 5.74) is 2.61. The van der Waals surface area contributed by atoms with Gasteiger partial charge >= 0.3 is 0 Å². The van der Waals surface area contributed by atoms with Crippen LogP contribution in [0.15, 0.2) is 23.3 Å². The molecule has 0 spiro atoms. The number of nitrogens with zero attached hydrogens (tertiary/aromatic N) is 1. The number of aliphatic hydroxyl groups is 1. The molecule has 0 aromatic heterocycles. The largest absolute Gasteiger partial charge is 0.386 e. The van der Waals surface area contributed by atoms with Crippen LogP contribution in [0, 0.1) is 0 Å². The van der Waals surface area contributed by atoms with Gasteiger partial charge < -0.3 is 5.11 Å². The molecule has 0 unspecified atom stereocenters. The van der Waals surface area contributed by atoms with Gasteiger partial charge in [-0.05, 0) is 12.1 Å². The maximum Gasteiger partial charge on any atom is 0.265 e. The molecule has 0 radical (unpaired) electrons. The Bertz CT molecular complexity index is 373. The lowest BCUT2D eigenvalue weighted by molar-refractivity contribution is -0.123. The summed E-state index contributed by atoms with van der Waals surface area (Å²) in [4.78, 5) is 10.6. The van der Waals surface area contributed by atoms with Crippen molar-refractivity contribution in [3.05, 3.63) is 33.8 Å². The van der Waals surface area contributed by atoms with Crippen molar-refractivity contribution in [3.8, 4) is 0 Å². The number of hydrazone groups is 1. The third-order valence-corrected chi connectivity index (χ3v) is 2.19. The summed E-state index contributed by atoms with van der Waals surface area (Å²) in [5, 5.41) is 12.9. The Morgan fingerprint density at radius 1 is 1.47 bits per heavy atom. The minimum Gasteiger partial charge on any atom is -0.386 e. The molecule has 0 saturated heterocycles. The molecular formula is C9H8Cl2N2O2.